The van der Waals surface area contributed by atoms with Crippen molar-refractivity contribution in [3.63, 3.8) is 0 Å². The molecule has 0 aliphatic heterocycles. The Hall–Kier alpha value is -2.09. The molecule has 4 N–H and O–H groups in total. The number of benzene rings is 2. The number of halogens is 1. The van der Waals surface area contributed by atoms with E-state index in [0.29, 0.717) is 24.1 Å². The van der Waals surface area contributed by atoms with E-state index < -0.39 is 13.4 Å². The van der Waals surface area contributed by atoms with E-state index in [1.807, 2.05) is 31.2 Å². The van der Waals surface area contributed by atoms with Crippen LogP contribution in [0, 0.1) is 5.82 Å². The monoisotopic (exact) mass is 436 g/mol. The summed E-state index contributed by atoms with van der Waals surface area (Å²) in [6.45, 7) is 1.85. The van der Waals surface area contributed by atoms with E-state index in [0.717, 1.165) is 17.5 Å². The van der Waals surface area contributed by atoms with E-state index in [1.165, 1.54) is 12.1 Å². The van der Waals surface area contributed by atoms with Crippen LogP contribution in [-0.4, -0.2) is 27.6 Å². The predicted octanol–water partition coefficient (Wildman–Crippen LogP) is 3.84. The highest BCUT2D eigenvalue weighted by Crippen LogP contribution is 2.43. The van der Waals surface area contributed by atoms with Crippen molar-refractivity contribution >= 4 is 13.5 Å². The Morgan fingerprint density at radius 3 is 2.70 bits per heavy atom. The van der Waals surface area contributed by atoms with Crippen LogP contribution in [0.25, 0.3) is 0 Å². The fourth-order valence-corrected chi connectivity index (χ4v) is 4.09. The van der Waals surface area contributed by atoms with Crippen LogP contribution in [0.15, 0.2) is 53.7 Å². The third-order valence-electron chi connectivity index (χ3n) is 5.29. The molecule has 3 rings (SSSR count). The smallest absolute Gasteiger partial charge is 0.391 e. The molecule has 1 aliphatic rings. The van der Waals surface area contributed by atoms with Crippen LogP contribution >= 0.6 is 7.82 Å². The first kappa shape index (κ1) is 22.6. The molecule has 2 atom stereocenters. The molecule has 2 aromatic rings. The van der Waals surface area contributed by atoms with Crippen molar-refractivity contribution in [3.05, 3.63) is 71.0 Å². The second-order valence-electron chi connectivity index (χ2n) is 7.77. The van der Waals surface area contributed by atoms with Gasteiger partial charge in [-0.15, -0.1) is 0 Å². The van der Waals surface area contributed by atoms with Crippen molar-refractivity contribution in [1.29, 1.82) is 0 Å². The van der Waals surface area contributed by atoms with Crippen molar-refractivity contribution in [2.75, 3.05) is 6.61 Å². The third kappa shape index (κ3) is 6.45. The zero-order valence-electron chi connectivity index (χ0n) is 16.7. The number of phosphoric ester groups is 1. The van der Waals surface area contributed by atoms with E-state index in [4.69, 9.17) is 20.4 Å². The number of nitrogens with zero attached hydrogens (tertiary/aromatic N) is 1. The van der Waals surface area contributed by atoms with E-state index in [-0.39, 0.29) is 24.9 Å². The molecule has 1 aliphatic carbocycles. The first-order chi connectivity index (χ1) is 14.1. The maximum Gasteiger partial charge on any atom is 0.469 e. The molecule has 0 amide bonds. The third-order valence-corrected chi connectivity index (χ3v) is 5.75. The van der Waals surface area contributed by atoms with E-state index in [2.05, 4.69) is 9.68 Å². The zero-order valence-corrected chi connectivity index (χ0v) is 17.6. The van der Waals surface area contributed by atoms with Crippen LogP contribution in [0.5, 0.6) is 0 Å². The first-order valence-electron chi connectivity index (χ1n) is 9.64. The van der Waals surface area contributed by atoms with E-state index in [1.54, 1.807) is 12.1 Å². The Labute approximate surface area is 174 Å². The van der Waals surface area contributed by atoms with Gasteiger partial charge in [-0.25, -0.2) is 8.96 Å². The van der Waals surface area contributed by atoms with Gasteiger partial charge in [0.25, 0.3) is 0 Å². The molecule has 1 saturated carbocycles. The molecule has 0 unspecified atom stereocenters. The van der Waals surface area contributed by atoms with Gasteiger partial charge in [-0.2, -0.15) is 0 Å². The standard InChI is InChI=1S/C21H26FN2O5P/c1-15(24-28-13-16-3-2-4-20(22)11-16)17-5-7-18(8-6-17)19-9-10-21(23,12-19)14-29-30(25,26)27/h2-8,11,19H,9-10,12-14,23H2,1H3,(H2,25,26,27)/b24-15+/t19-,21-/m1/s1. The fraction of sp³-hybridized carbons (Fsp3) is 0.381. The molecule has 0 radical (unpaired) electrons. The second-order valence-corrected chi connectivity index (χ2v) is 9.01. The normalized spacial score (nSPS) is 22.3. The number of hydrogen-bond donors (Lipinski definition) is 3. The van der Waals surface area contributed by atoms with Gasteiger partial charge in [0.2, 0.25) is 0 Å². The molecule has 9 heteroatoms. The van der Waals surface area contributed by atoms with Crippen molar-refractivity contribution in [3.8, 4) is 0 Å². The Balaban J connectivity index is 1.56. The van der Waals surface area contributed by atoms with Crippen molar-refractivity contribution in [2.45, 2.75) is 44.2 Å². The quantitative estimate of drug-likeness (QED) is 0.329. The van der Waals surface area contributed by atoms with E-state index in [9.17, 15) is 8.96 Å². The molecule has 0 aromatic heterocycles. The van der Waals surface area contributed by atoms with Gasteiger partial charge >= 0.3 is 7.82 Å². The van der Waals surface area contributed by atoms with Gasteiger partial charge in [-0.05, 0) is 60.9 Å². The summed E-state index contributed by atoms with van der Waals surface area (Å²) in [6, 6.07) is 14.1. The predicted molar refractivity (Wildman–Crippen MR) is 111 cm³/mol. The molecular weight excluding hydrogens is 410 g/mol. The highest BCUT2D eigenvalue weighted by molar-refractivity contribution is 7.46. The summed E-state index contributed by atoms with van der Waals surface area (Å²) in [7, 11) is -4.53. The van der Waals surface area contributed by atoms with Gasteiger partial charge in [0.1, 0.15) is 12.4 Å². The Morgan fingerprint density at radius 2 is 2.03 bits per heavy atom. The molecule has 30 heavy (non-hydrogen) atoms. The molecule has 2 aromatic carbocycles. The lowest BCUT2D eigenvalue weighted by molar-refractivity contribution is 0.130. The van der Waals surface area contributed by atoms with Gasteiger partial charge in [0.15, 0.2) is 0 Å². The minimum Gasteiger partial charge on any atom is -0.391 e. The zero-order chi connectivity index (χ0) is 21.8. The maximum absolute atomic E-state index is 13.2. The molecular formula is C21H26FN2O5P. The SMILES string of the molecule is C/C(=N\OCc1cccc(F)c1)c1ccc([C@@H]2CC[C@](N)(COP(=O)(O)O)C2)cc1. The average Bonchev–Trinajstić information content (AvgIpc) is 3.09. The summed E-state index contributed by atoms with van der Waals surface area (Å²) in [5.74, 6) is -0.111. The molecule has 0 heterocycles. The topological polar surface area (TPSA) is 114 Å². The van der Waals surface area contributed by atoms with Crippen molar-refractivity contribution in [2.24, 2.45) is 10.9 Å². The lowest BCUT2D eigenvalue weighted by atomic mass is 9.93. The minimum absolute atomic E-state index is 0.166. The van der Waals surface area contributed by atoms with Gasteiger partial charge < -0.3 is 20.4 Å². The largest absolute Gasteiger partial charge is 0.469 e. The number of nitrogens with two attached hydrogens (primary N) is 1. The molecule has 0 bridgehead atoms. The number of rotatable bonds is 8. The summed E-state index contributed by atoms with van der Waals surface area (Å²) >= 11 is 0. The summed E-state index contributed by atoms with van der Waals surface area (Å²) in [5.41, 5.74) is 8.93. The highest BCUT2D eigenvalue weighted by Gasteiger charge is 2.38. The lowest BCUT2D eigenvalue weighted by Gasteiger charge is -2.24. The Morgan fingerprint density at radius 1 is 1.30 bits per heavy atom. The molecule has 0 saturated heterocycles. The molecule has 1 fully saturated rings. The van der Waals surface area contributed by atoms with Crippen LogP contribution in [0.2, 0.25) is 0 Å². The molecule has 162 valence electrons. The summed E-state index contributed by atoms with van der Waals surface area (Å²) in [4.78, 5) is 23.1. The van der Waals surface area contributed by atoms with Crippen LogP contribution < -0.4 is 5.73 Å². The summed E-state index contributed by atoms with van der Waals surface area (Å²) in [6.07, 6.45) is 2.05. The number of hydrogen-bond acceptors (Lipinski definition) is 5. The Bertz CT molecular complexity index is 947. The number of oxime groups is 1. The van der Waals surface area contributed by atoms with Gasteiger partial charge in [0.05, 0.1) is 12.3 Å². The van der Waals surface area contributed by atoms with Gasteiger partial charge in [0, 0.05) is 5.54 Å². The van der Waals surface area contributed by atoms with Crippen LogP contribution in [-0.2, 0) is 20.5 Å². The van der Waals surface area contributed by atoms with Crippen LogP contribution in [0.4, 0.5) is 4.39 Å². The van der Waals surface area contributed by atoms with Crippen molar-refractivity contribution < 1.29 is 28.1 Å². The fourth-order valence-electron chi connectivity index (χ4n) is 3.66. The minimum atomic E-state index is -4.53. The second kappa shape index (κ2) is 9.37. The van der Waals surface area contributed by atoms with Crippen LogP contribution in [0.1, 0.15) is 48.8 Å². The highest BCUT2D eigenvalue weighted by atomic mass is 31.2. The summed E-state index contributed by atoms with van der Waals surface area (Å²) in [5, 5.41) is 4.10. The number of phosphoric acid groups is 1. The van der Waals surface area contributed by atoms with E-state index >= 15 is 0 Å². The maximum atomic E-state index is 13.2. The summed E-state index contributed by atoms with van der Waals surface area (Å²) < 4.78 is 28.7. The molecule has 0 spiro atoms. The van der Waals surface area contributed by atoms with Crippen molar-refractivity contribution in [1.82, 2.24) is 0 Å². The first-order valence-corrected chi connectivity index (χ1v) is 11.2. The molecule has 7 nitrogen and oxygen atoms in total. The lowest BCUT2D eigenvalue weighted by Crippen LogP contribution is -2.41. The Kier molecular flexibility index (Phi) is 7.06. The van der Waals surface area contributed by atoms with Gasteiger partial charge in [-0.1, -0.05) is 41.6 Å². The van der Waals surface area contributed by atoms with Crippen LogP contribution in [0.3, 0.4) is 0 Å². The average molecular weight is 436 g/mol. The van der Waals surface area contributed by atoms with Gasteiger partial charge in [-0.3, -0.25) is 4.52 Å².